The molecular formula is C15H27N3OS. The average molecular weight is 297 g/mol. The molecule has 3 rings (SSSR count). The molecule has 0 amide bonds. The first-order valence-corrected chi connectivity index (χ1v) is 9.04. The zero-order valence-electron chi connectivity index (χ0n) is 12.6. The second-order valence-corrected chi connectivity index (χ2v) is 7.29. The topological polar surface area (TPSA) is 36.9 Å². The Morgan fingerprint density at radius 2 is 2.10 bits per heavy atom. The zero-order chi connectivity index (χ0) is 13.8. The molecule has 114 valence electrons. The Kier molecular flexibility index (Phi) is 4.89. The normalized spacial score (nSPS) is 29.9. The summed E-state index contributed by atoms with van der Waals surface area (Å²) in [6.07, 6.45) is 4.89. The van der Waals surface area contributed by atoms with Crippen molar-refractivity contribution in [3.8, 4) is 0 Å². The fourth-order valence-electron chi connectivity index (χ4n) is 3.32. The van der Waals surface area contributed by atoms with Crippen molar-refractivity contribution in [3.63, 3.8) is 0 Å². The number of nitrogens with one attached hydrogen (secondary N) is 1. The summed E-state index contributed by atoms with van der Waals surface area (Å²) in [6, 6.07) is 0. The van der Waals surface area contributed by atoms with Crippen LogP contribution in [0.15, 0.2) is 4.99 Å². The van der Waals surface area contributed by atoms with E-state index in [0.717, 1.165) is 38.5 Å². The Balaban J connectivity index is 1.46. The van der Waals surface area contributed by atoms with Crippen molar-refractivity contribution in [2.75, 3.05) is 45.1 Å². The highest BCUT2D eigenvalue weighted by Crippen LogP contribution is 2.32. The summed E-state index contributed by atoms with van der Waals surface area (Å²) in [6.45, 7) is 8.78. The molecule has 1 N–H and O–H groups in total. The van der Waals surface area contributed by atoms with Gasteiger partial charge in [-0.15, -0.1) is 0 Å². The van der Waals surface area contributed by atoms with E-state index in [1.807, 2.05) is 11.8 Å². The van der Waals surface area contributed by atoms with Gasteiger partial charge in [0.1, 0.15) is 0 Å². The van der Waals surface area contributed by atoms with Gasteiger partial charge in [-0.05, 0) is 51.2 Å². The summed E-state index contributed by atoms with van der Waals surface area (Å²) < 4.78 is 5.47. The van der Waals surface area contributed by atoms with Gasteiger partial charge in [0.25, 0.3) is 0 Å². The second-order valence-electron chi connectivity index (χ2n) is 6.33. The molecular weight excluding hydrogens is 270 g/mol. The van der Waals surface area contributed by atoms with Crippen LogP contribution in [0.2, 0.25) is 0 Å². The van der Waals surface area contributed by atoms with Crippen LogP contribution in [0.3, 0.4) is 0 Å². The number of hydrogen-bond donors (Lipinski definition) is 1. The van der Waals surface area contributed by atoms with Crippen molar-refractivity contribution in [2.24, 2.45) is 10.9 Å². The second kappa shape index (κ2) is 6.67. The Morgan fingerprint density at radius 3 is 2.80 bits per heavy atom. The summed E-state index contributed by atoms with van der Waals surface area (Å²) in [5.41, 5.74) is 0.285. The fourth-order valence-corrected chi connectivity index (χ4v) is 4.55. The highest BCUT2D eigenvalue weighted by molar-refractivity contribution is 8.14. The van der Waals surface area contributed by atoms with Crippen LogP contribution in [-0.2, 0) is 4.74 Å². The zero-order valence-corrected chi connectivity index (χ0v) is 13.4. The number of hydrogen-bond acceptors (Lipinski definition) is 4. The molecule has 5 heteroatoms. The van der Waals surface area contributed by atoms with Crippen molar-refractivity contribution in [1.82, 2.24) is 10.2 Å². The van der Waals surface area contributed by atoms with Gasteiger partial charge in [-0.2, -0.15) is 0 Å². The smallest absolute Gasteiger partial charge is 0.157 e. The Bertz CT molecular complexity index is 347. The lowest BCUT2D eigenvalue weighted by atomic mass is 9.93. The number of aliphatic imine (C=N–C) groups is 1. The third kappa shape index (κ3) is 3.49. The summed E-state index contributed by atoms with van der Waals surface area (Å²) in [4.78, 5) is 7.40. The third-order valence-electron chi connectivity index (χ3n) is 4.95. The van der Waals surface area contributed by atoms with E-state index in [1.165, 1.54) is 43.4 Å². The lowest BCUT2D eigenvalue weighted by molar-refractivity contribution is 0.0555. The van der Waals surface area contributed by atoms with Crippen LogP contribution in [0.25, 0.3) is 0 Å². The number of piperidine rings is 1. The molecule has 0 unspecified atom stereocenters. The summed E-state index contributed by atoms with van der Waals surface area (Å²) in [5.74, 6) is 1.96. The van der Waals surface area contributed by atoms with Crippen molar-refractivity contribution in [3.05, 3.63) is 0 Å². The largest absolute Gasteiger partial charge is 0.381 e. The van der Waals surface area contributed by atoms with E-state index in [4.69, 9.17) is 9.73 Å². The van der Waals surface area contributed by atoms with Gasteiger partial charge in [0.2, 0.25) is 0 Å². The lowest BCUT2D eigenvalue weighted by Gasteiger charge is -2.32. The Morgan fingerprint density at radius 1 is 1.35 bits per heavy atom. The molecule has 0 saturated carbocycles. The molecule has 3 saturated heterocycles. The van der Waals surface area contributed by atoms with E-state index < -0.39 is 0 Å². The molecule has 0 aromatic carbocycles. The maximum atomic E-state index is 5.47. The van der Waals surface area contributed by atoms with Crippen molar-refractivity contribution in [1.29, 1.82) is 0 Å². The van der Waals surface area contributed by atoms with Gasteiger partial charge < -0.3 is 15.0 Å². The van der Waals surface area contributed by atoms with E-state index in [1.54, 1.807) is 0 Å². The molecule has 3 heterocycles. The lowest BCUT2D eigenvalue weighted by Crippen LogP contribution is -2.48. The predicted molar refractivity (Wildman–Crippen MR) is 85.5 cm³/mol. The van der Waals surface area contributed by atoms with Crippen molar-refractivity contribution < 1.29 is 4.74 Å². The molecule has 4 nitrogen and oxygen atoms in total. The first kappa shape index (κ1) is 14.7. The molecule has 0 aromatic heterocycles. The van der Waals surface area contributed by atoms with Gasteiger partial charge in [-0.1, -0.05) is 18.7 Å². The minimum atomic E-state index is 0.285. The highest BCUT2D eigenvalue weighted by atomic mass is 32.2. The van der Waals surface area contributed by atoms with Crippen molar-refractivity contribution in [2.45, 2.75) is 38.1 Å². The maximum Gasteiger partial charge on any atom is 0.157 e. The van der Waals surface area contributed by atoms with E-state index >= 15 is 0 Å². The average Bonchev–Trinajstić information content (AvgIpc) is 2.89. The third-order valence-corrected chi connectivity index (χ3v) is 6.16. The fraction of sp³-hybridized carbons (Fsp3) is 0.933. The minimum absolute atomic E-state index is 0.285. The molecule has 0 aliphatic carbocycles. The van der Waals surface area contributed by atoms with E-state index in [-0.39, 0.29) is 5.54 Å². The summed E-state index contributed by atoms with van der Waals surface area (Å²) >= 11 is 1.91. The van der Waals surface area contributed by atoms with Crippen LogP contribution in [0, 0.1) is 5.92 Å². The number of rotatable bonds is 3. The Labute approximate surface area is 126 Å². The Hall–Kier alpha value is -0.260. The first-order chi connectivity index (χ1) is 9.80. The minimum Gasteiger partial charge on any atom is -0.381 e. The summed E-state index contributed by atoms with van der Waals surface area (Å²) in [7, 11) is 0. The van der Waals surface area contributed by atoms with Gasteiger partial charge in [-0.25, -0.2) is 0 Å². The predicted octanol–water partition coefficient (Wildman–Crippen LogP) is 1.96. The van der Waals surface area contributed by atoms with Gasteiger partial charge in [0.05, 0.1) is 5.54 Å². The molecule has 0 radical (unpaired) electrons. The van der Waals surface area contributed by atoms with Crippen LogP contribution < -0.4 is 5.32 Å². The number of likely N-dealkylation sites (tertiary alicyclic amines) is 1. The van der Waals surface area contributed by atoms with Gasteiger partial charge in [0, 0.05) is 25.5 Å². The van der Waals surface area contributed by atoms with E-state index in [0.29, 0.717) is 0 Å². The number of thioether (sulfide) groups is 1. The van der Waals surface area contributed by atoms with Gasteiger partial charge in [0.15, 0.2) is 5.17 Å². The molecule has 3 fully saturated rings. The van der Waals surface area contributed by atoms with Crippen LogP contribution in [0.4, 0.5) is 0 Å². The van der Waals surface area contributed by atoms with Gasteiger partial charge >= 0.3 is 0 Å². The quantitative estimate of drug-likeness (QED) is 0.864. The van der Waals surface area contributed by atoms with Crippen LogP contribution in [0.1, 0.15) is 32.6 Å². The van der Waals surface area contributed by atoms with Crippen LogP contribution in [0.5, 0.6) is 0 Å². The summed E-state index contributed by atoms with van der Waals surface area (Å²) in [5, 5.41) is 4.87. The molecule has 0 bridgehead atoms. The monoisotopic (exact) mass is 297 g/mol. The maximum absolute atomic E-state index is 5.47. The number of ether oxygens (including phenoxy) is 1. The molecule has 0 atom stereocenters. The van der Waals surface area contributed by atoms with E-state index in [2.05, 4.69) is 17.1 Å². The molecule has 0 aromatic rings. The molecule has 20 heavy (non-hydrogen) atoms. The van der Waals surface area contributed by atoms with Crippen molar-refractivity contribution >= 4 is 16.9 Å². The van der Waals surface area contributed by atoms with Crippen LogP contribution in [-0.4, -0.2) is 60.8 Å². The first-order valence-electron chi connectivity index (χ1n) is 8.05. The van der Waals surface area contributed by atoms with Crippen LogP contribution >= 0.6 is 11.8 Å². The molecule has 1 spiro atoms. The number of nitrogens with zero attached hydrogens (tertiary/aromatic N) is 2. The SMILES string of the molecule is CCN1CCC(CN=C2NC3(CCOCC3)CS2)CC1. The number of amidine groups is 1. The highest BCUT2D eigenvalue weighted by Gasteiger charge is 2.38. The van der Waals surface area contributed by atoms with Gasteiger partial charge in [-0.3, -0.25) is 4.99 Å². The van der Waals surface area contributed by atoms with E-state index in [9.17, 15) is 0 Å². The molecule has 3 aliphatic rings. The molecule has 3 aliphatic heterocycles. The standard InChI is InChI=1S/C15H27N3OS/c1-2-18-7-3-13(4-8-18)11-16-14-17-15(12-20-14)5-9-19-10-6-15/h13H,2-12H2,1H3,(H,16,17).